The molecule has 0 bridgehead atoms. The first-order valence-electron chi connectivity index (χ1n) is 6.98. The highest BCUT2D eigenvalue weighted by atomic mass is 16.4. The van der Waals surface area contributed by atoms with Crippen molar-refractivity contribution in [1.82, 2.24) is 4.90 Å². The van der Waals surface area contributed by atoms with Gasteiger partial charge in [0, 0.05) is 32.2 Å². The lowest BCUT2D eigenvalue weighted by atomic mass is 9.99. The van der Waals surface area contributed by atoms with Crippen LogP contribution in [-0.2, 0) is 9.59 Å². The molecule has 6 nitrogen and oxygen atoms in total. The van der Waals surface area contributed by atoms with Crippen LogP contribution in [0.5, 0.6) is 0 Å². The third-order valence-electron chi connectivity index (χ3n) is 3.90. The predicted molar refractivity (Wildman–Crippen MR) is 71.9 cm³/mol. The van der Waals surface area contributed by atoms with E-state index in [9.17, 15) is 9.59 Å². The minimum absolute atomic E-state index is 0.116. The van der Waals surface area contributed by atoms with E-state index in [4.69, 9.17) is 11.5 Å². The molecule has 6 heteroatoms. The summed E-state index contributed by atoms with van der Waals surface area (Å²) in [6.45, 7) is 0.529. The molecule has 108 valence electrons. The Balaban J connectivity index is 1.85. The van der Waals surface area contributed by atoms with Crippen LogP contribution >= 0.6 is 0 Å². The minimum Gasteiger partial charge on any atom is -0.480 e. The van der Waals surface area contributed by atoms with Gasteiger partial charge in [0.2, 0.25) is 5.91 Å². The van der Waals surface area contributed by atoms with E-state index >= 15 is 0 Å². The Kier molecular flexibility index (Phi) is 4.38. The second-order valence-corrected chi connectivity index (χ2v) is 5.32. The van der Waals surface area contributed by atoms with Gasteiger partial charge < -0.3 is 10.0 Å². The fourth-order valence-corrected chi connectivity index (χ4v) is 2.61. The number of rotatable bonds is 6. The average Bonchev–Trinajstić information content (AvgIpc) is 3.23. The van der Waals surface area contributed by atoms with Crippen LogP contribution in [0.15, 0.2) is 10.2 Å². The van der Waals surface area contributed by atoms with Gasteiger partial charge in [0.05, 0.1) is 0 Å². The molecule has 1 unspecified atom stereocenters. The van der Waals surface area contributed by atoms with Crippen LogP contribution in [0.4, 0.5) is 0 Å². The standard InChI is InChI=1S/C14H19N3O3/c1-2-3-8-14(15-16-14)9-7-12(18)17-10-5-4-6-11(17)13(19)20/h1,11H,3-10H2,(H,19,20). The van der Waals surface area contributed by atoms with Crippen LogP contribution < -0.4 is 0 Å². The Morgan fingerprint density at radius 2 is 2.10 bits per heavy atom. The first kappa shape index (κ1) is 14.5. The van der Waals surface area contributed by atoms with Gasteiger partial charge in [-0.3, -0.25) is 4.79 Å². The van der Waals surface area contributed by atoms with Gasteiger partial charge in [0.25, 0.3) is 0 Å². The molecule has 0 aromatic rings. The first-order chi connectivity index (χ1) is 9.58. The quantitative estimate of drug-likeness (QED) is 0.752. The van der Waals surface area contributed by atoms with E-state index < -0.39 is 17.7 Å². The molecule has 0 saturated carbocycles. The van der Waals surface area contributed by atoms with Crippen LogP contribution in [0.2, 0.25) is 0 Å². The van der Waals surface area contributed by atoms with Crippen molar-refractivity contribution in [2.24, 2.45) is 10.2 Å². The second kappa shape index (κ2) is 6.04. The Morgan fingerprint density at radius 3 is 2.70 bits per heavy atom. The molecule has 1 fully saturated rings. The molecule has 1 amide bonds. The minimum atomic E-state index is -0.916. The van der Waals surface area contributed by atoms with E-state index in [1.807, 2.05) is 0 Å². The molecular weight excluding hydrogens is 258 g/mol. The molecule has 0 aromatic heterocycles. The maximum Gasteiger partial charge on any atom is 0.326 e. The summed E-state index contributed by atoms with van der Waals surface area (Å²) >= 11 is 0. The molecule has 1 N–H and O–H groups in total. The van der Waals surface area contributed by atoms with Gasteiger partial charge in [-0.25, -0.2) is 4.79 Å². The number of terminal acetylenes is 1. The van der Waals surface area contributed by atoms with Crippen molar-refractivity contribution in [2.75, 3.05) is 6.54 Å². The van der Waals surface area contributed by atoms with E-state index in [0.717, 1.165) is 12.8 Å². The summed E-state index contributed by atoms with van der Waals surface area (Å²) < 4.78 is 0. The van der Waals surface area contributed by atoms with Crippen molar-refractivity contribution in [3.63, 3.8) is 0 Å². The van der Waals surface area contributed by atoms with E-state index in [2.05, 4.69) is 16.1 Å². The highest BCUT2D eigenvalue weighted by Crippen LogP contribution is 2.38. The molecule has 0 spiro atoms. The number of piperidine rings is 1. The van der Waals surface area contributed by atoms with Crippen molar-refractivity contribution < 1.29 is 14.7 Å². The predicted octanol–water partition coefficient (Wildman–Crippen LogP) is 1.81. The highest BCUT2D eigenvalue weighted by Gasteiger charge is 2.40. The lowest BCUT2D eigenvalue weighted by Gasteiger charge is -2.33. The van der Waals surface area contributed by atoms with E-state index in [1.165, 1.54) is 4.90 Å². The SMILES string of the molecule is C#CCCC1(CCC(=O)N2CCCCC2C(=O)O)N=N1. The maximum atomic E-state index is 12.2. The lowest BCUT2D eigenvalue weighted by molar-refractivity contribution is -0.152. The largest absolute Gasteiger partial charge is 0.480 e. The van der Waals surface area contributed by atoms with Crippen LogP contribution in [-0.4, -0.2) is 40.1 Å². The number of carbonyl (C=O) groups excluding carboxylic acids is 1. The number of hydrogen-bond donors (Lipinski definition) is 1. The number of hydrogen-bond acceptors (Lipinski definition) is 4. The van der Waals surface area contributed by atoms with E-state index in [-0.39, 0.29) is 12.3 Å². The number of nitrogens with zero attached hydrogens (tertiary/aromatic N) is 3. The highest BCUT2D eigenvalue weighted by molar-refractivity contribution is 5.83. The number of likely N-dealkylation sites (tertiary alicyclic amines) is 1. The van der Waals surface area contributed by atoms with Crippen LogP contribution in [0.1, 0.15) is 44.9 Å². The summed E-state index contributed by atoms with van der Waals surface area (Å²) in [7, 11) is 0. The van der Waals surface area contributed by atoms with E-state index in [0.29, 0.717) is 32.2 Å². The topological polar surface area (TPSA) is 82.3 Å². The van der Waals surface area contributed by atoms with Gasteiger partial charge >= 0.3 is 5.97 Å². The van der Waals surface area contributed by atoms with E-state index in [1.54, 1.807) is 0 Å². The zero-order valence-electron chi connectivity index (χ0n) is 11.4. The number of amides is 1. The first-order valence-corrected chi connectivity index (χ1v) is 6.98. The average molecular weight is 277 g/mol. The molecule has 2 rings (SSSR count). The molecule has 0 aromatic carbocycles. The lowest BCUT2D eigenvalue weighted by Crippen LogP contribution is -2.48. The van der Waals surface area contributed by atoms with Crippen molar-refractivity contribution in [2.45, 2.75) is 56.7 Å². The normalized spacial score (nSPS) is 23.1. The smallest absolute Gasteiger partial charge is 0.326 e. The summed E-state index contributed by atoms with van der Waals surface area (Å²) in [6, 6.07) is -0.675. The fourth-order valence-electron chi connectivity index (χ4n) is 2.61. The number of aliphatic carboxylic acids is 1. The number of carboxylic acids is 1. The van der Waals surface area contributed by atoms with Crippen molar-refractivity contribution in [1.29, 1.82) is 0 Å². The molecule has 0 radical (unpaired) electrons. The van der Waals surface area contributed by atoms with Crippen LogP contribution in [0, 0.1) is 12.3 Å². The zero-order chi connectivity index (χ0) is 14.6. The molecule has 2 aliphatic rings. The van der Waals surface area contributed by atoms with Crippen molar-refractivity contribution in [3.8, 4) is 12.3 Å². The summed E-state index contributed by atoms with van der Waals surface area (Å²) in [4.78, 5) is 24.9. The maximum absolute atomic E-state index is 12.2. The number of carbonyl (C=O) groups is 2. The Bertz CT molecular complexity index is 461. The third-order valence-corrected chi connectivity index (χ3v) is 3.90. The molecule has 1 saturated heterocycles. The van der Waals surface area contributed by atoms with Crippen LogP contribution in [0.25, 0.3) is 0 Å². The molecule has 0 aliphatic carbocycles. The van der Waals surface area contributed by atoms with Gasteiger partial charge in [0.15, 0.2) is 5.66 Å². The molecule has 20 heavy (non-hydrogen) atoms. The van der Waals surface area contributed by atoms with Gasteiger partial charge in [0.1, 0.15) is 6.04 Å². The van der Waals surface area contributed by atoms with Crippen molar-refractivity contribution >= 4 is 11.9 Å². The summed E-state index contributed by atoms with van der Waals surface area (Å²) in [5.41, 5.74) is -0.476. The molecule has 1 atom stereocenters. The van der Waals surface area contributed by atoms with Gasteiger partial charge in [-0.15, -0.1) is 12.3 Å². The monoisotopic (exact) mass is 277 g/mol. The van der Waals surface area contributed by atoms with Gasteiger partial charge in [-0.1, -0.05) is 0 Å². The zero-order valence-corrected chi connectivity index (χ0v) is 11.4. The van der Waals surface area contributed by atoms with Crippen LogP contribution in [0.3, 0.4) is 0 Å². The third kappa shape index (κ3) is 3.35. The Labute approximate surface area is 118 Å². The molecule has 2 aliphatic heterocycles. The molecular formula is C14H19N3O3. The fraction of sp³-hybridized carbons (Fsp3) is 0.714. The summed E-state index contributed by atoms with van der Waals surface area (Å²) in [5.74, 6) is 1.51. The summed E-state index contributed by atoms with van der Waals surface area (Å²) in [5, 5.41) is 17.1. The van der Waals surface area contributed by atoms with Crippen molar-refractivity contribution in [3.05, 3.63) is 0 Å². The Morgan fingerprint density at radius 1 is 1.35 bits per heavy atom. The Hall–Kier alpha value is -1.90. The van der Waals surface area contributed by atoms with Gasteiger partial charge in [-0.2, -0.15) is 10.2 Å². The molecule has 2 heterocycles. The second-order valence-electron chi connectivity index (χ2n) is 5.32. The summed E-state index contributed by atoms with van der Waals surface area (Å²) in [6.07, 6.45) is 9.54. The van der Waals surface area contributed by atoms with Gasteiger partial charge in [-0.05, 0) is 19.3 Å². The number of carboxylic acid groups (broad SMARTS) is 1.